The van der Waals surface area contributed by atoms with E-state index >= 15 is 0 Å². The van der Waals surface area contributed by atoms with Gasteiger partial charge >= 0.3 is 0 Å². The van der Waals surface area contributed by atoms with Crippen LogP contribution in [0.1, 0.15) is 15.4 Å². The fourth-order valence-electron chi connectivity index (χ4n) is 2.79. The van der Waals surface area contributed by atoms with Gasteiger partial charge in [-0.15, -0.1) is 11.3 Å². The van der Waals surface area contributed by atoms with E-state index in [1.165, 1.54) is 41.8 Å². The number of amides is 1. The predicted molar refractivity (Wildman–Crippen MR) is 114 cm³/mol. The van der Waals surface area contributed by atoms with Crippen molar-refractivity contribution in [2.24, 2.45) is 5.10 Å². The molecule has 4 aromatic rings. The number of nitro groups is 2. The number of rotatable bonds is 6. The number of nitro benzene ring substituents is 2. The fraction of sp³-hybridized carbons (Fsp3) is 0. The van der Waals surface area contributed by atoms with Gasteiger partial charge in [-0.3, -0.25) is 25.0 Å². The van der Waals surface area contributed by atoms with E-state index in [0.29, 0.717) is 27.3 Å². The lowest BCUT2D eigenvalue weighted by molar-refractivity contribution is -0.385. The number of hydrogen-bond acceptors (Lipinski definition) is 8. The highest BCUT2D eigenvalue weighted by atomic mass is 32.1. The van der Waals surface area contributed by atoms with E-state index in [2.05, 4.69) is 10.5 Å². The molecule has 0 unspecified atom stereocenters. The summed E-state index contributed by atoms with van der Waals surface area (Å²) in [5.41, 5.74) is 2.99. The van der Waals surface area contributed by atoms with Crippen LogP contribution < -0.4 is 5.43 Å². The number of thiophene rings is 1. The van der Waals surface area contributed by atoms with Gasteiger partial charge in [0, 0.05) is 39.9 Å². The second kappa shape index (κ2) is 8.16. The third-order valence-corrected chi connectivity index (χ3v) is 5.40. The molecule has 10 nitrogen and oxygen atoms in total. The van der Waals surface area contributed by atoms with E-state index in [4.69, 9.17) is 4.42 Å². The number of hydrazone groups is 1. The van der Waals surface area contributed by atoms with E-state index in [0.717, 1.165) is 4.70 Å². The van der Waals surface area contributed by atoms with Crippen LogP contribution in [0.15, 0.2) is 70.2 Å². The Balaban J connectivity index is 1.43. The smallest absolute Gasteiger partial charge is 0.281 e. The zero-order valence-corrected chi connectivity index (χ0v) is 16.4. The van der Waals surface area contributed by atoms with Crippen molar-refractivity contribution in [3.8, 4) is 11.3 Å². The molecular weight excluding hydrogens is 424 g/mol. The van der Waals surface area contributed by atoms with Crippen LogP contribution in [-0.2, 0) is 0 Å². The first-order valence-electron chi connectivity index (χ1n) is 8.77. The van der Waals surface area contributed by atoms with Crippen LogP contribution in [0.3, 0.4) is 0 Å². The Morgan fingerprint density at radius 2 is 1.68 bits per heavy atom. The Labute approximate surface area is 177 Å². The molecule has 1 N–H and O–H groups in total. The predicted octanol–water partition coefficient (Wildman–Crippen LogP) is 4.74. The van der Waals surface area contributed by atoms with Gasteiger partial charge in [0.1, 0.15) is 11.5 Å². The van der Waals surface area contributed by atoms with E-state index < -0.39 is 15.8 Å². The molecule has 0 atom stereocenters. The van der Waals surface area contributed by atoms with Crippen molar-refractivity contribution in [1.82, 2.24) is 5.43 Å². The Morgan fingerprint density at radius 1 is 0.968 bits per heavy atom. The number of nitrogens with zero attached hydrogens (tertiary/aromatic N) is 3. The summed E-state index contributed by atoms with van der Waals surface area (Å²) in [7, 11) is 0. The van der Waals surface area contributed by atoms with Gasteiger partial charge in [0.25, 0.3) is 17.3 Å². The summed E-state index contributed by atoms with van der Waals surface area (Å²) in [6.07, 6.45) is 1.32. The number of carbonyl (C=O) groups excluding carboxylic acids is 1. The van der Waals surface area contributed by atoms with Crippen molar-refractivity contribution in [3.63, 3.8) is 0 Å². The van der Waals surface area contributed by atoms with Crippen molar-refractivity contribution >= 4 is 44.9 Å². The van der Waals surface area contributed by atoms with Gasteiger partial charge in [0.15, 0.2) is 0 Å². The molecule has 0 radical (unpaired) electrons. The molecular formula is C20H12N4O6S. The molecule has 0 fully saturated rings. The van der Waals surface area contributed by atoms with Crippen molar-refractivity contribution in [2.75, 3.05) is 0 Å². The van der Waals surface area contributed by atoms with Crippen LogP contribution in [0.5, 0.6) is 0 Å². The molecule has 0 aliphatic rings. The SMILES string of the molecule is O=C(NN=Cc1ccc(-c2ccc([N+](=O)[O-])cc2)o1)c1cc2cc([N+](=O)[O-])ccc2s1. The zero-order chi connectivity index (χ0) is 22.0. The molecule has 0 saturated carbocycles. The van der Waals surface area contributed by atoms with E-state index in [1.54, 1.807) is 36.4 Å². The van der Waals surface area contributed by atoms with Gasteiger partial charge in [-0.05, 0) is 36.4 Å². The van der Waals surface area contributed by atoms with Crippen LogP contribution in [-0.4, -0.2) is 22.0 Å². The summed E-state index contributed by atoms with van der Waals surface area (Å²) >= 11 is 1.20. The summed E-state index contributed by atoms with van der Waals surface area (Å²) in [4.78, 5) is 33.3. The maximum atomic E-state index is 12.3. The Bertz CT molecular complexity index is 1340. The summed E-state index contributed by atoms with van der Waals surface area (Å²) in [6, 6.07) is 15.2. The standard InChI is InChI=1S/C20H12N4O6S/c25-20(19-10-13-9-15(24(28)29)5-8-18(13)31-19)22-21-11-16-6-7-17(30-16)12-1-3-14(4-2-12)23(26)27/h1-11H,(H,22,25). The molecule has 0 spiro atoms. The number of nitrogens with one attached hydrogen (secondary N) is 1. The van der Waals surface area contributed by atoms with E-state index in [1.807, 2.05) is 0 Å². The van der Waals surface area contributed by atoms with Crippen LogP contribution >= 0.6 is 11.3 Å². The van der Waals surface area contributed by atoms with Crippen LogP contribution in [0.25, 0.3) is 21.4 Å². The highest BCUT2D eigenvalue weighted by Crippen LogP contribution is 2.29. The summed E-state index contributed by atoms with van der Waals surface area (Å²) in [6.45, 7) is 0. The van der Waals surface area contributed by atoms with Crippen molar-refractivity contribution in [3.05, 3.63) is 91.5 Å². The molecule has 2 aromatic heterocycles. The van der Waals surface area contributed by atoms with Crippen molar-refractivity contribution < 1.29 is 19.1 Å². The number of non-ortho nitro benzene ring substituents is 2. The minimum Gasteiger partial charge on any atom is -0.455 e. The molecule has 154 valence electrons. The quantitative estimate of drug-likeness (QED) is 0.263. The maximum Gasteiger partial charge on any atom is 0.281 e. The zero-order valence-electron chi connectivity index (χ0n) is 15.6. The second-order valence-electron chi connectivity index (χ2n) is 6.30. The summed E-state index contributed by atoms with van der Waals surface area (Å²) < 4.78 is 6.36. The first-order valence-corrected chi connectivity index (χ1v) is 9.58. The topological polar surface area (TPSA) is 141 Å². The Hall–Kier alpha value is -4.38. The molecule has 0 bridgehead atoms. The number of furan rings is 1. The van der Waals surface area contributed by atoms with Gasteiger partial charge in [0.2, 0.25) is 0 Å². The molecule has 31 heavy (non-hydrogen) atoms. The van der Waals surface area contributed by atoms with Gasteiger partial charge in [0.05, 0.1) is 20.9 Å². The average Bonchev–Trinajstić information content (AvgIpc) is 3.40. The molecule has 1 amide bonds. The van der Waals surface area contributed by atoms with Crippen LogP contribution in [0.2, 0.25) is 0 Å². The normalized spacial score (nSPS) is 11.1. The Kier molecular flexibility index (Phi) is 5.24. The van der Waals surface area contributed by atoms with Crippen LogP contribution in [0, 0.1) is 20.2 Å². The molecule has 2 aromatic carbocycles. The number of carbonyl (C=O) groups is 1. The largest absolute Gasteiger partial charge is 0.455 e. The van der Waals surface area contributed by atoms with Gasteiger partial charge in [-0.1, -0.05) is 0 Å². The highest BCUT2D eigenvalue weighted by Gasteiger charge is 2.13. The summed E-state index contributed by atoms with van der Waals surface area (Å²) in [5, 5.41) is 26.1. The molecule has 11 heteroatoms. The fourth-order valence-corrected chi connectivity index (χ4v) is 3.72. The number of benzene rings is 2. The molecule has 2 heterocycles. The van der Waals surface area contributed by atoms with E-state index in [9.17, 15) is 25.0 Å². The first kappa shape index (κ1) is 19.9. The summed E-state index contributed by atoms with van der Waals surface area (Å²) in [5.74, 6) is 0.414. The number of fused-ring (bicyclic) bond motifs is 1. The van der Waals surface area contributed by atoms with Crippen LogP contribution in [0.4, 0.5) is 11.4 Å². The first-order chi connectivity index (χ1) is 14.9. The minimum absolute atomic E-state index is 0.0179. The van der Waals surface area contributed by atoms with Crippen molar-refractivity contribution in [2.45, 2.75) is 0 Å². The maximum absolute atomic E-state index is 12.3. The van der Waals surface area contributed by atoms with Gasteiger partial charge in [-0.25, -0.2) is 5.43 Å². The lowest BCUT2D eigenvalue weighted by atomic mass is 10.1. The molecule has 0 saturated heterocycles. The lowest BCUT2D eigenvalue weighted by Crippen LogP contribution is -2.15. The second-order valence-corrected chi connectivity index (χ2v) is 7.38. The lowest BCUT2D eigenvalue weighted by Gasteiger charge is -1.96. The monoisotopic (exact) mass is 436 g/mol. The average molecular weight is 436 g/mol. The van der Waals surface area contributed by atoms with Crippen molar-refractivity contribution in [1.29, 1.82) is 0 Å². The minimum atomic E-state index is -0.491. The van der Waals surface area contributed by atoms with E-state index in [-0.39, 0.29) is 11.4 Å². The third kappa shape index (κ3) is 4.31. The van der Waals surface area contributed by atoms with Gasteiger partial charge in [-0.2, -0.15) is 5.10 Å². The Morgan fingerprint density at radius 3 is 2.39 bits per heavy atom. The number of hydrogen-bond donors (Lipinski definition) is 1. The third-order valence-electron chi connectivity index (χ3n) is 4.28. The molecule has 0 aliphatic carbocycles. The highest BCUT2D eigenvalue weighted by molar-refractivity contribution is 7.20. The molecule has 4 rings (SSSR count). The molecule has 0 aliphatic heterocycles. The van der Waals surface area contributed by atoms with Gasteiger partial charge < -0.3 is 4.42 Å².